The van der Waals surface area contributed by atoms with Crippen LogP contribution in [0.2, 0.25) is 0 Å². The molecule has 82 valence electrons. The van der Waals surface area contributed by atoms with Gasteiger partial charge in [0.2, 0.25) is 5.76 Å². The second-order valence-electron chi connectivity index (χ2n) is 4.50. The van der Waals surface area contributed by atoms with E-state index >= 15 is 0 Å². The lowest BCUT2D eigenvalue weighted by molar-refractivity contribution is 0.0651. The molecule has 0 saturated heterocycles. The highest BCUT2D eigenvalue weighted by Gasteiger charge is 2.32. The number of aromatic carboxylic acids is 1. The van der Waals surface area contributed by atoms with Gasteiger partial charge in [-0.2, -0.15) is 0 Å². The summed E-state index contributed by atoms with van der Waals surface area (Å²) < 4.78 is 4.79. The number of hydrogen-bond donors (Lipinski definition) is 1. The van der Waals surface area contributed by atoms with Crippen molar-refractivity contribution in [1.29, 1.82) is 0 Å². The summed E-state index contributed by atoms with van der Waals surface area (Å²) in [6, 6.07) is 1.56. The van der Waals surface area contributed by atoms with Gasteiger partial charge in [0.05, 0.1) is 5.69 Å². The quantitative estimate of drug-likeness (QED) is 0.813. The Balaban J connectivity index is 2.23. The third-order valence-electron chi connectivity index (χ3n) is 3.30. The van der Waals surface area contributed by atoms with E-state index in [1.165, 1.54) is 19.3 Å². The van der Waals surface area contributed by atoms with Crippen LogP contribution < -0.4 is 0 Å². The van der Waals surface area contributed by atoms with Gasteiger partial charge in [-0.15, -0.1) is 0 Å². The molecule has 0 atom stereocenters. The van der Waals surface area contributed by atoms with Crippen molar-refractivity contribution in [3.63, 3.8) is 0 Å². The average molecular weight is 209 g/mol. The van der Waals surface area contributed by atoms with E-state index in [-0.39, 0.29) is 11.2 Å². The molecule has 4 nitrogen and oxygen atoms in total. The summed E-state index contributed by atoms with van der Waals surface area (Å²) in [7, 11) is 0. The summed E-state index contributed by atoms with van der Waals surface area (Å²) in [4.78, 5) is 10.7. The van der Waals surface area contributed by atoms with E-state index in [4.69, 9.17) is 9.63 Å². The highest BCUT2D eigenvalue weighted by Crippen LogP contribution is 2.38. The molecule has 15 heavy (non-hydrogen) atoms. The minimum Gasteiger partial charge on any atom is -0.475 e. The second kappa shape index (κ2) is 3.68. The largest absolute Gasteiger partial charge is 0.475 e. The van der Waals surface area contributed by atoms with Gasteiger partial charge in [0.25, 0.3) is 0 Å². The Kier molecular flexibility index (Phi) is 2.50. The van der Waals surface area contributed by atoms with Crippen LogP contribution >= 0.6 is 0 Å². The zero-order valence-electron chi connectivity index (χ0n) is 8.82. The van der Waals surface area contributed by atoms with E-state index < -0.39 is 5.97 Å². The van der Waals surface area contributed by atoms with Crippen molar-refractivity contribution in [3.8, 4) is 0 Å². The Labute approximate surface area is 88.3 Å². The highest BCUT2D eigenvalue weighted by molar-refractivity contribution is 5.84. The maximum absolute atomic E-state index is 10.7. The normalized spacial score (nSPS) is 20.1. The maximum Gasteiger partial charge on any atom is 0.374 e. The van der Waals surface area contributed by atoms with Crippen molar-refractivity contribution in [2.75, 3.05) is 0 Å². The first-order valence-electron chi connectivity index (χ1n) is 5.32. The fraction of sp³-hybridized carbons (Fsp3) is 0.636. The highest BCUT2D eigenvalue weighted by atomic mass is 16.5. The van der Waals surface area contributed by atoms with Gasteiger partial charge in [-0.1, -0.05) is 31.3 Å². The molecule has 1 saturated carbocycles. The number of nitrogens with zero attached hydrogens (tertiary/aromatic N) is 1. The fourth-order valence-electron chi connectivity index (χ4n) is 2.25. The smallest absolute Gasteiger partial charge is 0.374 e. The average Bonchev–Trinajstić information content (AvgIpc) is 2.68. The predicted molar refractivity (Wildman–Crippen MR) is 53.9 cm³/mol. The summed E-state index contributed by atoms with van der Waals surface area (Å²) in [6.45, 7) is 2.13. The molecular formula is C11H15NO3. The maximum atomic E-state index is 10.7. The number of aromatic nitrogens is 1. The van der Waals surface area contributed by atoms with Gasteiger partial charge in [0, 0.05) is 11.5 Å². The molecule has 1 fully saturated rings. The minimum absolute atomic E-state index is 0.00938. The predicted octanol–water partition coefficient (Wildman–Crippen LogP) is 2.59. The molecule has 1 aromatic heterocycles. The van der Waals surface area contributed by atoms with Crippen molar-refractivity contribution in [2.45, 2.75) is 44.4 Å². The first-order valence-corrected chi connectivity index (χ1v) is 5.32. The Morgan fingerprint density at radius 1 is 1.47 bits per heavy atom. The first kappa shape index (κ1) is 10.2. The molecule has 2 rings (SSSR count). The van der Waals surface area contributed by atoms with Gasteiger partial charge in [0.1, 0.15) is 0 Å². The lowest BCUT2D eigenvalue weighted by Crippen LogP contribution is -2.25. The summed E-state index contributed by atoms with van der Waals surface area (Å²) in [5, 5.41) is 12.6. The van der Waals surface area contributed by atoms with E-state index in [0.717, 1.165) is 18.5 Å². The third-order valence-corrected chi connectivity index (χ3v) is 3.30. The summed E-state index contributed by atoms with van der Waals surface area (Å²) >= 11 is 0. The van der Waals surface area contributed by atoms with Crippen LogP contribution in [-0.4, -0.2) is 16.2 Å². The molecule has 0 amide bonds. The lowest BCUT2D eigenvalue weighted by atomic mass is 9.73. The summed E-state index contributed by atoms with van der Waals surface area (Å²) in [5.41, 5.74) is 0.801. The number of carbonyl (C=O) groups is 1. The second-order valence-corrected chi connectivity index (χ2v) is 4.50. The van der Waals surface area contributed by atoms with Crippen LogP contribution in [0.5, 0.6) is 0 Å². The van der Waals surface area contributed by atoms with Crippen LogP contribution in [-0.2, 0) is 5.41 Å². The zero-order valence-corrected chi connectivity index (χ0v) is 8.82. The molecule has 0 aliphatic heterocycles. The monoisotopic (exact) mass is 209 g/mol. The first-order chi connectivity index (χ1) is 7.12. The van der Waals surface area contributed by atoms with Crippen LogP contribution in [0.4, 0.5) is 0 Å². The topological polar surface area (TPSA) is 63.3 Å². The van der Waals surface area contributed by atoms with Crippen molar-refractivity contribution in [1.82, 2.24) is 5.16 Å². The molecule has 4 heteroatoms. The number of carboxylic acid groups (broad SMARTS) is 1. The van der Waals surface area contributed by atoms with E-state index in [0.29, 0.717) is 0 Å². The third kappa shape index (κ3) is 1.89. The Bertz CT molecular complexity index is 364. The van der Waals surface area contributed by atoms with Crippen molar-refractivity contribution in [3.05, 3.63) is 17.5 Å². The van der Waals surface area contributed by atoms with E-state index in [1.54, 1.807) is 6.07 Å². The van der Waals surface area contributed by atoms with Gasteiger partial charge in [-0.05, 0) is 12.8 Å². The Morgan fingerprint density at radius 2 is 2.13 bits per heavy atom. The van der Waals surface area contributed by atoms with Crippen LogP contribution in [0, 0.1) is 0 Å². The van der Waals surface area contributed by atoms with Crippen LogP contribution in [0.1, 0.15) is 55.3 Å². The van der Waals surface area contributed by atoms with E-state index in [9.17, 15) is 4.79 Å². The molecular weight excluding hydrogens is 194 g/mol. The summed E-state index contributed by atoms with van der Waals surface area (Å²) in [6.07, 6.45) is 5.77. The van der Waals surface area contributed by atoms with Gasteiger partial charge >= 0.3 is 5.97 Å². The van der Waals surface area contributed by atoms with Gasteiger partial charge in [-0.25, -0.2) is 4.79 Å². The number of rotatable bonds is 2. The minimum atomic E-state index is -1.05. The van der Waals surface area contributed by atoms with Crippen LogP contribution in [0.25, 0.3) is 0 Å². The molecule has 0 aromatic carbocycles. The molecule has 0 unspecified atom stereocenters. The van der Waals surface area contributed by atoms with Crippen molar-refractivity contribution >= 4 is 5.97 Å². The molecule has 1 aliphatic carbocycles. The SMILES string of the molecule is CC1(c2cc(C(=O)O)on2)CCCCC1. The van der Waals surface area contributed by atoms with Crippen molar-refractivity contribution < 1.29 is 14.4 Å². The lowest BCUT2D eigenvalue weighted by Gasteiger charge is -2.31. The molecule has 1 heterocycles. The molecule has 1 N–H and O–H groups in total. The molecule has 0 bridgehead atoms. The molecule has 0 radical (unpaired) electrons. The zero-order chi connectivity index (χ0) is 10.9. The van der Waals surface area contributed by atoms with E-state index in [2.05, 4.69) is 12.1 Å². The van der Waals surface area contributed by atoms with Gasteiger partial charge in [-0.3, -0.25) is 0 Å². The molecule has 1 aliphatic rings. The summed E-state index contributed by atoms with van der Waals surface area (Å²) in [5.74, 6) is -1.11. The molecule has 1 aromatic rings. The Morgan fingerprint density at radius 3 is 2.67 bits per heavy atom. The van der Waals surface area contributed by atoms with Crippen LogP contribution in [0.3, 0.4) is 0 Å². The number of hydrogen-bond acceptors (Lipinski definition) is 3. The van der Waals surface area contributed by atoms with Gasteiger partial charge in [0.15, 0.2) is 0 Å². The number of carboxylic acids is 1. The Hall–Kier alpha value is -1.32. The van der Waals surface area contributed by atoms with Gasteiger partial charge < -0.3 is 9.63 Å². The van der Waals surface area contributed by atoms with E-state index in [1.807, 2.05) is 0 Å². The van der Waals surface area contributed by atoms with Crippen LogP contribution in [0.15, 0.2) is 10.6 Å². The van der Waals surface area contributed by atoms with Crippen molar-refractivity contribution in [2.24, 2.45) is 0 Å². The fourth-order valence-corrected chi connectivity index (χ4v) is 2.25. The standard InChI is InChI=1S/C11H15NO3/c1-11(5-3-2-4-6-11)9-7-8(10(13)14)15-12-9/h7H,2-6H2,1H3,(H,13,14). The molecule has 0 spiro atoms.